The number of rotatable bonds is 8. The summed E-state index contributed by atoms with van der Waals surface area (Å²) in [6.07, 6.45) is 0. The van der Waals surface area contributed by atoms with Crippen LogP contribution in [-0.2, 0) is 16.6 Å². The summed E-state index contributed by atoms with van der Waals surface area (Å²) in [4.78, 5) is 2.26. The van der Waals surface area contributed by atoms with Crippen LogP contribution in [0, 0.1) is 0 Å². The summed E-state index contributed by atoms with van der Waals surface area (Å²) in [5, 5.41) is 2.18. The van der Waals surface area contributed by atoms with E-state index in [2.05, 4.69) is 0 Å². The van der Waals surface area contributed by atoms with Crippen LogP contribution >= 0.6 is 0 Å². The van der Waals surface area contributed by atoms with Crippen molar-refractivity contribution in [1.82, 2.24) is 9.21 Å². The van der Waals surface area contributed by atoms with E-state index in [1.54, 1.807) is 35.7 Å². The fraction of sp³-hybridized carbons (Fsp3) is 0.273. The Morgan fingerprint density at radius 3 is 2.21 bits per heavy atom. The molecule has 3 rings (SSSR count). The van der Waals surface area contributed by atoms with Crippen molar-refractivity contribution >= 4 is 20.8 Å². The average Bonchev–Trinajstić information content (AvgIpc) is 2.71. The summed E-state index contributed by atoms with van der Waals surface area (Å²) < 4.78 is 33.4. The summed E-state index contributed by atoms with van der Waals surface area (Å²) in [7, 11) is 1.81. The molecule has 6 heteroatoms. The lowest BCUT2D eigenvalue weighted by Crippen LogP contribution is -2.36. The van der Waals surface area contributed by atoms with Crippen LogP contribution in [0.15, 0.2) is 71.6 Å². The molecule has 5 nitrogen and oxygen atoms in total. The summed E-state index contributed by atoms with van der Waals surface area (Å²) >= 11 is 0. The molecule has 0 fully saturated rings. The minimum atomic E-state index is -3.64. The first-order chi connectivity index (χ1) is 13.4. The van der Waals surface area contributed by atoms with Gasteiger partial charge in [0, 0.05) is 19.6 Å². The molecule has 0 aromatic heterocycles. The lowest BCUT2D eigenvalue weighted by atomic mass is 10.0. The largest absolute Gasteiger partial charge is 0.497 e. The number of ether oxygens (including phenoxy) is 1. The van der Waals surface area contributed by atoms with Gasteiger partial charge in [0.1, 0.15) is 5.75 Å². The van der Waals surface area contributed by atoms with Crippen molar-refractivity contribution in [3.05, 3.63) is 72.3 Å². The first-order valence-electron chi connectivity index (χ1n) is 9.17. The average molecular weight is 399 g/mol. The molecule has 0 aliphatic carbocycles. The van der Waals surface area contributed by atoms with E-state index in [0.29, 0.717) is 25.4 Å². The van der Waals surface area contributed by atoms with E-state index in [0.717, 1.165) is 16.3 Å². The van der Waals surface area contributed by atoms with Crippen LogP contribution in [0.1, 0.15) is 5.56 Å². The van der Waals surface area contributed by atoms with Gasteiger partial charge in [-0.2, -0.15) is 4.31 Å². The van der Waals surface area contributed by atoms with Crippen molar-refractivity contribution in [2.45, 2.75) is 11.4 Å². The van der Waals surface area contributed by atoms with E-state index in [1.165, 1.54) is 0 Å². The molecule has 3 aromatic rings. The van der Waals surface area contributed by atoms with Crippen LogP contribution in [0.2, 0.25) is 0 Å². The number of benzene rings is 3. The van der Waals surface area contributed by atoms with Gasteiger partial charge >= 0.3 is 0 Å². The number of hydrogen-bond donors (Lipinski definition) is 0. The Balaban J connectivity index is 1.97. The maximum absolute atomic E-state index is 13.4. The Kier molecular flexibility index (Phi) is 6.34. The van der Waals surface area contributed by atoms with Crippen LogP contribution in [-0.4, -0.2) is 51.9 Å². The second kappa shape index (κ2) is 8.73. The quantitative estimate of drug-likeness (QED) is 0.582. The highest BCUT2D eigenvalue weighted by atomic mass is 32.2. The first kappa shape index (κ1) is 20.3. The molecule has 0 heterocycles. The number of methoxy groups -OCH3 is 1. The van der Waals surface area contributed by atoms with Crippen LogP contribution in [0.25, 0.3) is 10.8 Å². The van der Waals surface area contributed by atoms with Gasteiger partial charge in [-0.25, -0.2) is 8.42 Å². The highest BCUT2D eigenvalue weighted by molar-refractivity contribution is 7.89. The van der Waals surface area contributed by atoms with Gasteiger partial charge in [-0.15, -0.1) is 0 Å². The third kappa shape index (κ3) is 4.52. The van der Waals surface area contributed by atoms with Crippen LogP contribution < -0.4 is 4.74 Å². The molecular formula is C22H26N2O3S. The normalized spacial score (nSPS) is 12.0. The zero-order valence-electron chi connectivity index (χ0n) is 16.5. The monoisotopic (exact) mass is 398 g/mol. The summed E-state index contributed by atoms with van der Waals surface area (Å²) in [6, 6.07) is 20.6. The molecule has 0 amide bonds. The van der Waals surface area contributed by atoms with Crippen LogP contribution in [0.3, 0.4) is 0 Å². The Labute approximate surface area is 167 Å². The molecule has 0 radical (unpaired) electrons. The van der Waals surface area contributed by atoms with Gasteiger partial charge < -0.3 is 9.64 Å². The lowest BCUT2D eigenvalue weighted by Gasteiger charge is -2.24. The van der Waals surface area contributed by atoms with E-state index in [4.69, 9.17) is 4.74 Å². The zero-order chi connectivity index (χ0) is 20.1. The predicted octanol–water partition coefficient (Wildman–Crippen LogP) is 3.60. The maximum atomic E-state index is 13.4. The van der Waals surface area contributed by atoms with Gasteiger partial charge in [0.2, 0.25) is 10.0 Å². The van der Waals surface area contributed by atoms with Crippen molar-refractivity contribution in [3.8, 4) is 5.75 Å². The van der Waals surface area contributed by atoms with Gasteiger partial charge in [0.15, 0.2) is 0 Å². The molecule has 0 atom stereocenters. The number of fused-ring (bicyclic) bond motifs is 1. The molecular weight excluding hydrogens is 372 g/mol. The molecule has 0 aliphatic rings. The standard InChI is InChI=1S/C22H26N2O3S/c1-23(2)15-16-24(28(25,26)21-13-11-20(27-3)12-14-21)17-19-9-6-8-18-7-4-5-10-22(18)19/h4-14H,15-17H2,1-3H3. The van der Waals surface area contributed by atoms with Crippen molar-refractivity contribution < 1.29 is 13.2 Å². The van der Waals surface area contributed by atoms with E-state index in [9.17, 15) is 8.42 Å². The SMILES string of the molecule is COc1ccc(S(=O)(=O)N(CCN(C)C)Cc2cccc3ccccc23)cc1. The van der Waals surface area contributed by atoms with E-state index >= 15 is 0 Å². The Bertz CT molecular complexity index is 1030. The van der Waals surface area contributed by atoms with E-state index in [-0.39, 0.29) is 4.90 Å². The van der Waals surface area contributed by atoms with Crippen LogP contribution in [0.4, 0.5) is 0 Å². The molecule has 0 saturated heterocycles. The van der Waals surface area contributed by atoms with Gasteiger partial charge in [-0.05, 0) is 54.7 Å². The first-order valence-corrected chi connectivity index (χ1v) is 10.6. The van der Waals surface area contributed by atoms with Crippen molar-refractivity contribution in [1.29, 1.82) is 0 Å². The molecule has 0 saturated carbocycles. The van der Waals surface area contributed by atoms with Crippen LogP contribution in [0.5, 0.6) is 5.75 Å². The fourth-order valence-electron chi connectivity index (χ4n) is 3.11. The van der Waals surface area contributed by atoms with Gasteiger partial charge in [0.25, 0.3) is 0 Å². The number of likely N-dealkylation sites (N-methyl/N-ethyl adjacent to an activating group) is 1. The molecule has 3 aromatic carbocycles. The topological polar surface area (TPSA) is 49.9 Å². The molecule has 0 spiro atoms. The van der Waals surface area contributed by atoms with E-state index < -0.39 is 10.0 Å². The fourth-order valence-corrected chi connectivity index (χ4v) is 4.52. The molecule has 0 N–H and O–H groups in total. The Hall–Kier alpha value is -2.41. The minimum Gasteiger partial charge on any atom is -0.497 e. The molecule has 148 valence electrons. The van der Waals surface area contributed by atoms with Gasteiger partial charge in [-0.1, -0.05) is 42.5 Å². The third-order valence-corrected chi connectivity index (χ3v) is 6.58. The van der Waals surface area contributed by atoms with Gasteiger partial charge in [0.05, 0.1) is 12.0 Å². The molecule has 0 bridgehead atoms. The second-order valence-electron chi connectivity index (χ2n) is 6.96. The van der Waals surface area contributed by atoms with Crippen molar-refractivity contribution in [3.63, 3.8) is 0 Å². The minimum absolute atomic E-state index is 0.271. The lowest BCUT2D eigenvalue weighted by molar-refractivity contribution is 0.330. The molecule has 0 unspecified atom stereocenters. The number of hydrogen-bond acceptors (Lipinski definition) is 4. The zero-order valence-corrected chi connectivity index (χ0v) is 17.3. The van der Waals surface area contributed by atoms with Crippen molar-refractivity contribution in [2.24, 2.45) is 0 Å². The van der Waals surface area contributed by atoms with Crippen molar-refractivity contribution in [2.75, 3.05) is 34.3 Å². The maximum Gasteiger partial charge on any atom is 0.243 e. The van der Waals surface area contributed by atoms with Gasteiger partial charge in [-0.3, -0.25) is 0 Å². The highest BCUT2D eigenvalue weighted by Crippen LogP contribution is 2.24. The second-order valence-corrected chi connectivity index (χ2v) is 8.89. The molecule has 28 heavy (non-hydrogen) atoms. The summed E-state index contributed by atoms with van der Waals surface area (Å²) in [5.41, 5.74) is 0.994. The number of nitrogens with zero attached hydrogens (tertiary/aromatic N) is 2. The smallest absolute Gasteiger partial charge is 0.243 e. The number of sulfonamides is 1. The Morgan fingerprint density at radius 2 is 1.54 bits per heavy atom. The molecule has 0 aliphatic heterocycles. The van der Waals surface area contributed by atoms with E-state index in [1.807, 2.05) is 61.5 Å². The Morgan fingerprint density at radius 1 is 0.857 bits per heavy atom. The summed E-state index contributed by atoms with van der Waals surface area (Å²) in [5.74, 6) is 0.632. The third-order valence-electron chi connectivity index (χ3n) is 4.72. The highest BCUT2D eigenvalue weighted by Gasteiger charge is 2.25. The predicted molar refractivity (Wildman–Crippen MR) is 113 cm³/mol. The summed E-state index contributed by atoms with van der Waals surface area (Å²) in [6.45, 7) is 1.37.